The van der Waals surface area contributed by atoms with Gasteiger partial charge in [-0.3, -0.25) is 0 Å². The van der Waals surface area contributed by atoms with E-state index in [0.717, 1.165) is 5.56 Å². The molecule has 0 saturated heterocycles. The van der Waals surface area contributed by atoms with Crippen molar-refractivity contribution in [3.63, 3.8) is 0 Å². The molecule has 14 heavy (non-hydrogen) atoms. The molecule has 0 atom stereocenters. The van der Waals surface area contributed by atoms with Crippen LogP contribution in [-0.4, -0.2) is 24.1 Å². The molecular weight excluding hydrogens is 184 g/mol. The van der Waals surface area contributed by atoms with Crippen LogP contribution in [0.5, 0.6) is 5.75 Å². The number of phenols is 1. The molecule has 0 spiro atoms. The lowest BCUT2D eigenvalue weighted by atomic mass is 10.1. The largest absolute Gasteiger partial charge is 0.508 e. The topological polar surface area (TPSA) is 58.9 Å². The molecule has 0 aliphatic rings. The third kappa shape index (κ3) is 2.99. The first-order valence-corrected chi connectivity index (χ1v) is 4.26. The fourth-order valence-corrected chi connectivity index (χ4v) is 1.09. The summed E-state index contributed by atoms with van der Waals surface area (Å²) in [7, 11) is 1.53. The molecule has 1 aromatic rings. The van der Waals surface area contributed by atoms with Crippen LogP contribution in [0.4, 0.5) is 0 Å². The Kier molecular flexibility index (Phi) is 4.39. The molecule has 0 aliphatic heterocycles. The Balaban J connectivity index is 2.64. The Bertz CT molecular complexity index is 285. The summed E-state index contributed by atoms with van der Waals surface area (Å²) < 4.78 is 9.79. The molecule has 78 valence electrons. The highest BCUT2D eigenvalue weighted by atomic mass is 16.7. The van der Waals surface area contributed by atoms with Crippen LogP contribution >= 0.6 is 0 Å². The van der Waals surface area contributed by atoms with Gasteiger partial charge in [-0.05, 0) is 17.7 Å². The molecule has 1 rings (SSSR count). The number of rotatable bonds is 5. The average Bonchev–Trinajstić information content (AvgIpc) is 2.21. The number of aliphatic hydroxyl groups is 1. The van der Waals surface area contributed by atoms with Gasteiger partial charge < -0.3 is 19.7 Å². The maximum Gasteiger partial charge on any atom is 0.146 e. The van der Waals surface area contributed by atoms with E-state index in [4.69, 9.17) is 14.6 Å². The van der Waals surface area contributed by atoms with Crippen molar-refractivity contribution in [1.82, 2.24) is 0 Å². The molecule has 0 saturated carbocycles. The molecule has 0 aliphatic carbocycles. The van der Waals surface area contributed by atoms with Gasteiger partial charge in [0.15, 0.2) is 0 Å². The number of ether oxygens (including phenoxy) is 2. The van der Waals surface area contributed by atoms with Crippen LogP contribution in [0.15, 0.2) is 18.2 Å². The second-order valence-electron chi connectivity index (χ2n) is 2.88. The van der Waals surface area contributed by atoms with E-state index in [1.165, 1.54) is 13.2 Å². The molecule has 2 N–H and O–H groups in total. The second-order valence-corrected chi connectivity index (χ2v) is 2.88. The van der Waals surface area contributed by atoms with E-state index < -0.39 is 0 Å². The number of aromatic hydroxyl groups is 1. The standard InChI is InChI=1S/C10H14O4/c1-13-7-14-6-9-4-8(5-11)2-3-10(9)12/h2-4,11-12H,5-7H2,1H3. The van der Waals surface area contributed by atoms with Gasteiger partial charge in [-0.25, -0.2) is 0 Å². The average molecular weight is 198 g/mol. The van der Waals surface area contributed by atoms with Crippen molar-refractivity contribution < 1.29 is 19.7 Å². The highest BCUT2D eigenvalue weighted by molar-refractivity contribution is 5.35. The van der Waals surface area contributed by atoms with Crippen molar-refractivity contribution in [3.8, 4) is 5.75 Å². The van der Waals surface area contributed by atoms with Gasteiger partial charge in [0.25, 0.3) is 0 Å². The molecule has 0 heterocycles. The SMILES string of the molecule is COCOCc1cc(CO)ccc1O. The van der Waals surface area contributed by atoms with Crippen molar-refractivity contribution in [2.24, 2.45) is 0 Å². The van der Waals surface area contributed by atoms with Gasteiger partial charge in [-0.2, -0.15) is 0 Å². The lowest BCUT2D eigenvalue weighted by molar-refractivity contribution is -0.0395. The normalized spacial score (nSPS) is 10.4. The predicted molar refractivity (Wildman–Crippen MR) is 50.7 cm³/mol. The molecule has 0 bridgehead atoms. The Labute approximate surface area is 82.7 Å². The lowest BCUT2D eigenvalue weighted by Gasteiger charge is -2.06. The number of aliphatic hydroxyl groups excluding tert-OH is 1. The molecular formula is C10H14O4. The minimum Gasteiger partial charge on any atom is -0.508 e. The maximum absolute atomic E-state index is 9.43. The first-order valence-electron chi connectivity index (χ1n) is 4.26. The molecule has 0 aromatic heterocycles. The molecule has 0 fully saturated rings. The summed E-state index contributed by atoms with van der Waals surface area (Å²) in [6.07, 6.45) is 0. The Hall–Kier alpha value is -1.10. The summed E-state index contributed by atoms with van der Waals surface area (Å²) in [5, 5.41) is 18.3. The first-order chi connectivity index (χ1) is 6.77. The van der Waals surface area contributed by atoms with Crippen LogP contribution in [-0.2, 0) is 22.7 Å². The maximum atomic E-state index is 9.43. The Morgan fingerprint density at radius 1 is 1.36 bits per heavy atom. The van der Waals surface area contributed by atoms with Gasteiger partial charge in [0, 0.05) is 12.7 Å². The molecule has 4 heteroatoms. The van der Waals surface area contributed by atoms with Gasteiger partial charge in [0.1, 0.15) is 12.5 Å². The molecule has 0 amide bonds. The number of hydrogen-bond acceptors (Lipinski definition) is 4. The molecule has 0 unspecified atom stereocenters. The van der Waals surface area contributed by atoms with E-state index >= 15 is 0 Å². The second kappa shape index (κ2) is 5.59. The van der Waals surface area contributed by atoms with Gasteiger partial charge in [-0.15, -0.1) is 0 Å². The van der Waals surface area contributed by atoms with Gasteiger partial charge in [-0.1, -0.05) is 6.07 Å². The highest BCUT2D eigenvalue weighted by Crippen LogP contribution is 2.19. The van der Waals surface area contributed by atoms with Crippen LogP contribution in [0.3, 0.4) is 0 Å². The van der Waals surface area contributed by atoms with Crippen LogP contribution in [0.25, 0.3) is 0 Å². The minimum absolute atomic E-state index is 0.0441. The quantitative estimate of drug-likeness (QED) is 0.547. The van der Waals surface area contributed by atoms with Crippen LogP contribution in [0.2, 0.25) is 0 Å². The van der Waals surface area contributed by atoms with E-state index in [-0.39, 0.29) is 25.8 Å². The zero-order chi connectivity index (χ0) is 10.4. The minimum atomic E-state index is -0.0441. The fraction of sp³-hybridized carbons (Fsp3) is 0.400. The first kappa shape index (κ1) is 11.0. The van der Waals surface area contributed by atoms with Gasteiger partial charge in [0.2, 0.25) is 0 Å². The predicted octanol–water partition coefficient (Wildman–Crippen LogP) is 1.00. The lowest BCUT2D eigenvalue weighted by Crippen LogP contribution is -1.98. The smallest absolute Gasteiger partial charge is 0.146 e. The summed E-state index contributed by atoms with van der Waals surface area (Å²) in [5.41, 5.74) is 1.40. The summed E-state index contributed by atoms with van der Waals surface area (Å²) in [6, 6.07) is 4.90. The van der Waals surface area contributed by atoms with E-state index in [1.54, 1.807) is 12.1 Å². The third-order valence-corrected chi connectivity index (χ3v) is 1.79. The van der Waals surface area contributed by atoms with Crippen molar-refractivity contribution in [1.29, 1.82) is 0 Å². The van der Waals surface area contributed by atoms with E-state index in [1.807, 2.05) is 0 Å². The van der Waals surface area contributed by atoms with Crippen LogP contribution in [0.1, 0.15) is 11.1 Å². The molecule has 4 nitrogen and oxygen atoms in total. The zero-order valence-electron chi connectivity index (χ0n) is 8.06. The summed E-state index contributed by atoms with van der Waals surface area (Å²) >= 11 is 0. The third-order valence-electron chi connectivity index (χ3n) is 1.79. The van der Waals surface area contributed by atoms with Crippen molar-refractivity contribution >= 4 is 0 Å². The van der Waals surface area contributed by atoms with Gasteiger partial charge in [0.05, 0.1) is 13.2 Å². The fourth-order valence-electron chi connectivity index (χ4n) is 1.09. The van der Waals surface area contributed by atoms with Crippen LogP contribution < -0.4 is 0 Å². The molecule has 0 radical (unpaired) electrons. The van der Waals surface area contributed by atoms with E-state index in [2.05, 4.69) is 0 Å². The number of phenolic OH excluding ortho intramolecular Hbond substituents is 1. The number of methoxy groups -OCH3 is 1. The number of hydrogen-bond donors (Lipinski definition) is 2. The van der Waals surface area contributed by atoms with Crippen molar-refractivity contribution in [2.75, 3.05) is 13.9 Å². The summed E-state index contributed by atoms with van der Waals surface area (Å²) in [6.45, 7) is 0.411. The molecule has 1 aromatic carbocycles. The van der Waals surface area contributed by atoms with Crippen molar-refractivity contribution in [2.45, 2.75) is 13.2 Å². The monoisotopic (exact) mass is 198 g/mol. The Morgan fingerprint density at radius 3 is 2.79 bits per heavy atom. The van der Waals surface area contributed by atoms with Crippen molar-refractivity contribution in [3.05, 3.63) is 29.3 Å². The number of benzene rings is 1. The highest BCUT2D eigenvalue weighted by Gasteiger charge is 2.02. The van der Waals surface area contributed by atoms with Gasteiger partial charge >= 0.3 is 0 Å². The zero-order valence-corrected chi connectivity index (χ0v) is 8.06. The summed E-state index contributed by atoms with van der Waals surface area (Å²) in [4.78, 5) is 0. The summed E-state index contributed by atoms with van der Waals surface area (Å²) in [5.74, 6) is 0.165. The van der Waals surface area contributed by atoms with E-state index in [9.17, 15) is 5.11 Å². The van der Waals surface area contributed by atoms with Crippen LogP contribution in [0, 0.1) is 0 Å². The van der Waals surface area contributed by atoms with E-state index in [0.29, 0.717) is 5.56 Å². The Morgan fingerprint density at radius 2 is 2.14 bits per heavy atom.